The smallest absolute Gasteiger partial charge is 0.153 e. The van der Waals surface area contributed by atoms with Crippen molar-refractivity contribution < 1.29 is 8.78 Å². The van der Waals surface area contributed by atoms with E-state index in [-0.39, 0.29) is 11.3 Å². The highest BCUT2D eigenvalue weighted by Gasteiger charge is 2.04. The van der Waals surface area contributed by atoms with E-state index in [4.69, 9.17) is 5.73 Å². The molecule has 1 aromatic carbocycles. The topological polar surface area (TPSA) is 26.0 Å². The van der Waals surface area contributed by atoms with E-state index in [0.717, 1.165) is 12.1 Å². The minimum atomic E-state index is -0.624. The van der Waals surface area contributed by atoms with Crippen LogP contribution in [0.5, 0.6) is 0 Å². The molecule has 0 spiro atoms. The van der Waals surface area contributed by atoms with Crippen LogP contribution in [0.15, 0.2) is 18.7 Å². The minimum absolute atomic E-state index is 0.0856. The molecule has 0 heterocycles. The van der Waals surface area contributed by atoms with Crippen LogP contribution in [-0.2, 0) is 0 Å². The van der Waals surface area contributed by atoms with E-state index in [9.17, 15) is 8.78 Å². The summed E-state index contributed by atoms with van der Waals surface area (Å²) in [5.74, 6) is -1.18. The van der Waals surface area contributed by atoms with Gasteiger partial charge in [-0.15, -0.1) is 0 Å². The third kappa shape index (κ3) is 1.37. The molecule has 3 heteroatoms. The van der Waals surface area contributed by atoms with E-state index in [1.54, 1.807) is 0 Å². The lowest BCUT2D eigenvalue weighted by Crippen LogP contribution is -1.94. The van der Waals surface area contributed by atoms with Gasteiger partial charge in [-0.25, -0.2) is 8.78 Å². The predicted octanol–water partition coefficient (Wildman–Crippen LogP) is 2.19. The van der Waals surface area contributed by atoms with E-state index in [0.29, 0.717) is 0 Å². The quantitative estimate of drug-likeness (QED) is 0.618. The molecule has 0 saturated carbocycles. The van der Waals surface area contributed by atoms with Crippen molar-refractivity contribution in [2.75, 3.05) is 5.73 Å². The Kier molecular flexibility index (Phi) is 1.89. The maximum atomic E-state index is 12.8. The number of hydrogen-bond acceptors (Lipinski definition) is 1. The summed E-state index contributed by atoms with van der Waals surface area (Å²) in [5, 5.41) is 0. The summed E-state index contributed by atoms with van der Waals surface area (Å²) >= 11 is 0. The van der Waals surface area contributed by atoms with Gasteiger partial charge in [0.15, 0.2) is 5.82 Å². The van der Waals surface area contributed by atoms with Crippen molar-refractivity contribution in [2.45, 2.75) is 0 Å². The molecule has 0 aliphatic heterocycles. The molecular weight excluding hydrogens is 148 g/mol. The maximum absolute atomic E-state index is 12.8. The largest absolute Gasteiger partial charge is 0.396 e. The van der Waals surface area contributed by atoms with Gasteiger partial charge < -0.3 is 5.73 Å². The zero-order valence-electron chi connectivity index (χ0n) is 5.77. The molecule has 11 heavy (non-hydrogen) atoms. The van der Waals surface area contributed by atoms with E-state index < -0.39 is 11.6 Å². The molecule has 0 bridgehead atoms. The third-order valence-corrected chi connectivity index (χ3v) is 1.31. The van der Waals surface area contributed by atoms with Crippen molar-refractivity contribution in [1.29, 1.82) is 0 Å². The summed E-state index contributed by atoms with van der Waals surface area (Å²) in [7, 11) is 0. The van der Waals surface area contributed by atoms with Crippen molar-refractivity contribution in [3.63, 3.8) is 0 Å². The van der Waals surface area contributed by atoms with Crippen molar-refractivity contribution in [3.05, 3.63) is 35.9 Å². The average Bonchev–Trinajstić information content (AvgIpc) is 1.96. The van der Waals surface area contributed by atoms with Crippen LogP contribution < -0.4 is 5.73 Å². The summed E-state index contributed by atoms with van der Waals surface area (Å²) < 4.78 is 25.3. The second kappa shape index (κ2) is 2.70. The first kappa shape index (κ1) is 7.72. The SMILES string of the molecule is C=Cc1cc(F)cc(N)c1F. The van der Waals surface area contributed by atoms with Gasteiger partial charge in [-0.05, 0) is 12.1 Å². The Hall–Kier alpha value is -1.38. The van der Waals surface area contributed by atoms with E-state index in [1.165, 1.54) is 6.08 Å². The fraction of sp³-hybridized carbons (Fsp3) is 0. The molecule has 1 nitrogen and oxygen atoms in total. The molecule has 0 saturated heterocycles. The molecule has 0 amide bonds. The molecule has 1 aromatic rings. The van der Waals surface area contributed by atoms with Crippen LogP contribution in [0.1, 0.15) is 5.56 Å². The van der Waals surface area contributed by atoms with Gasteiger partial charge >= 0.3 is 0 Å². The Morgan fingerprint density at radius 2 is 2.00 bits per heavy atom. The normalized spacial score (nSPS) is 9.64. The van der Waals surface area contributed by atoms with Gasteiger partial charge in [-0.2, -0.15) is 0 Å². The lowest BCUT2D eigenvalue weighted by molar-refractivity contribution is 0.602. The number of rotatable bonds is 1. The van der Waals surface area contributed by atoms with Crippen molar-refractivity contribution in [1.82, 2.24) is 0 Å². The number of benzene rings is 1. The fourth-order valence-corrected chi connectivity index (χ4v) is 0.781. The molecule has 0 fully saturated rings. The Balaban J connectivity index is 3.35. The zero-order chi connectivity index (χ0) is 8.43. The van der Waals surface area contributed by atoms with Gasteiger partial charge in [-0.1, -0.05) is 12.7 Å². The molecule has 0 aliphatic carbocycles. The summed E-state index contributed by atoms with van der Waals surface area (Å²) in [6, 6.07) is 1.97. The van der Waals surface area contributed by atoms with Crippen LogP contribution in [0.2, 0.25) is 0 Å². The molecular formula is C8H7F2N. The number of nitrogen functional groups attached to an aromatic ring is 1. The number of halogens is 2. The van der Waals surface area contributed by atoms with Gasteiger partial charge in [0.2, 0.25) is 0 Å². The monoisotopic (exact) mass is 155 g/mol. The standard InChI is InChI=1S/C8H7F2N/c1-2-5-3-6(9)4-7(11)8(5)10/h2-4H,1,11H2. The van der Waals surface area contributed by atoms with Crippen molar-refractivity contribution in [2.24, 2.45) is 0 Å². The predicted molar refractivity (Wildman–Crippen MR) is 40.9 cm³/mol. The molecule has 58 valence electrons. The average molecular weight is 155 g/mol. The molecule has 0 atom stereocenters. The summed E-state index contributed by atoms with van der Waals surface area (Å²) in [6.45, 7) is 3.31. The molecule has 0 radical (unpaired) electrons. The van der Waals surface area contributed by atoms with Gasteiger partial charge in [-0.3, -0.25) is 0 Å². The van der Waals surface area contributed by atoms with Gasteiger partial charge in [0, 0.05) is 5.56 Å². The Morgan fingerprint density at radius 3 is 2.55 bits per heavy atom. The highest BCUT2D eigenvalue weighted by atomic mass is 19.1. The van der Waals surface area contributed by atoms with Crippen LogP contribution in [-0.4, -0.2) is 0 Å². The number of nitrogens with two attached hydrogens (primary N) is 1. The second-order valence-corrected chi connectivity index (χ2v) is 2.10. The molecule has 0 unspecified atom stereocenters. The lowest BCUT2D eigenvalue weighted by atomic mass is 10.2. The lowest BCUT2D eigenvalue weighted by Gasteiger charge is -1.99. The summed E-state index contributed by atoms with van der Waals surface area (Å²) in [4.78, 5) is 0. The van der Waals surface area contributed by atoms with Crippen LogP contribution >= 0.6 is 0 Å². The maximum Gasteiger partial charge on any atom is 0.153 e. The fourth-order valence-electron chi connectivity index (χ4n) is 0.781. The van der Waals surface area contributed by atoms with Gasteiger partial charge in [0.25, 0.3) is 0 Å². The van der Waals surface area contributed by atoms with Crippen molar-refractivity contribution >= 4 is 11.8 Å². The van der Waals surface area contributed by atoms with Crippen LogP contribution in [0.4, 0.5) is 14.5 Å². The Labute approximate surface area is 63.1 Å². The molecule has 2 N–H and O–H groups in total. The van der Waals surface area contributed by atoms with E-state index >= 15 is 0 Å². The van der Waals surface area contributed by atoms with Crippen LogP contribution in [0.3, 0.4) is 0 Å². The third-order valence-electron chi connectivity index (χ3n) is 1.31. The molecule has 0 aliphatic rings. The first-order valence-corrected chi connectivity index (χ1v) is 3.02. The first-order valence-electron chi connectivity index (χ1n) is 3.02. The van der Waals surface area contributed by atoms with E-state index in [2.05, 4.69) is 6.58 Å². The Morgan fingerprint density at radius 1 is 1.36 bits per heavy atom. The van der Waals surface area contributed by atoms with Crippen LogP contribution in [0.25, 0.3) is 6.08 Å². The molecule has 1 rings (SSSR count). The number of anilines is 1. The van der Waals surface area contributed by atoms with Crippen LogP contribution in [0, 0.1) is 11.6 Å². The Bertz CT molecular complexity index is 294. The summed E-state index contributed by atoms with van der Waals surface area (Å²) in [5.41, 5.74) is 5.03. The van der Waals surface area contributed by atoms with Gasteiger partial charge in [0.05, 0.1) is 5.69 Å². The first-order chi connectivity index (χ1) is 5.15. The highest BCUT2D eigenvalue weighted by molar-refractivity contribution is 5.55. The molecule has 0 aromatic heterocycles. The van der Waals surface area contributed by atoms with E-state index in [1.807, 2.05) is 0 Å². The highest BCUT2D eigenvalue weighted by Crippen LogP contribution is 2.17. The van der Waals surface area contributed by atoms with Gasteiger partial charge in [0.1, 0.15) is 5.82 Å². The van der Waals surface area contributed by atoms with Crippen molar-refractivity contribution in [3.8, 4) is 0 Å². The summed E-state index contributed by atoms with van der Waals surface area (Å²) in [6.07, 6.45) is 1.22. The zero-order valence-corrected chi connectivity index (χ0v) is 5.77. The number of hydrogen-bond donors (Lipinski definition) is 1. The second-order valence-electron chi connectivity index (χ2n) is 2.10. The minimum Gasteiger partial charge on any atom is -0.396 e.